The summed E-state index contributed by atoms with van der Waals surface area (Å²) in [4.78, 5) is 62.1. The van der Waals surface area contributed by atoms with E-state index in [0.29, 0.717) is 37.6 Å². The van der Waals surface area contributed by atoms with Crippen molar-refractivity contribution < 1.29 is 33.8 Å². The first kappa shape index (κ1) is 52.8. The van der Waals surface area contributed by atoms with Gasteiger partial charge in [-0.05, 0) is 76.3 Å². The van der Waals surface area contributed by atoms with Gasteiger partial charge in [0.25, 0.3) is 0 Å². The molecule has 3 heterocycles. The minimum absolute atomic E-state index is 0.0238. The van der Waals surface area contributed by atoms with Crippen molar-refractivity contribution in [3.63, 3.8) is 0 Å². The highest BCUT2D eigenvalue weighted by atomic mass is 32.1. The van der Waals surface area contributed by atoms with E-state index < -0.39 is 35.4 Å². The summed E-state index contributed by atoms with van der Waals surface area (Å²) in [5.74, 6) is -0.708. The second-order valence-corrected chi connectivity index (χ2v) is 20.0. The molecule has 378 valence electrons. The number of aryl methyl sites for hydroxylation is 2. The molecular weight excluding hydrogens is 929 g/mol. The van der Waals surface area contributed by atoms with E-state index in [-0.39, 0.29) is 51.0 Å². The summed E-state index contributed by atoms with van der Waals surface area (Å²) in [5, 5.41) is 24.7. The highest BCUT2D eigenvalue weighted by Crippen LogP contribution is 2.35. The van der Waals surface area contributed by atoms with Gasteiger partial charge in [-0.3, -0.25) is 23.9 Å². The van der Waals surface area contributed by atoms with Gasteiger partial charge >= 0.3 is 0 Å². The van der Waals surface area contributed by atoms with Crippen molar-refractivity contribution in [3.05, 3.63) is 155 Å². The molecule has 3 N–H and O–H groups in total. The maximum Gasteiger partial charge on any atom is 0.246 e. The first-order valence-electron chi connectivity index (χ1n) is 24.5. The molecule has 3 atom stereocenters. The standard InChI is InChI=1S/C56H66N8O7S/c1-7-47(40-15-10-8-11-16-40)51(41-17-12-9-13-18-41)42-23-25-46(26-24-42)71-30-28-62(6)50(67)31-44-34-63(61-60-44)27-14-29-70-36-49(66)59-53(56(3,4)5)55(69)64-35-45(65)32-48(64)54(68)57-33-39-19-21-43(22-20-39)52-38(2)58-37-72-52/h8-13,15-26,34,37,45,48,53,65H,7,14,27-33,35-36H2,1-6H3,(H,57,68)(H,59,66)/b51-47-/t45-,48+,53-/m1/s1. The number of hydrogen-bond acceptors (Lipinski definition) is 11. The second-order valence-electron chi connectivity index (χ2n) is 19.1. The molecule has 1 fully saturated rings. The van der Waals surface area contributed by atoms with Crippen molar-refractivity contribution in [1.29, 1.82) is 0 Å². The smallest absolute Gasteiger partial charge is 0.246 e. The molecule has 1 aliphatic heterocycles. The lowest BCUT2D eigenvalue weighted by atomic mass is 9.85. The summed E-state index contributed by atoms with van der Waals surface area (Å²) in [7, 11) is 1.74. The number of rotatable bonds is 22. The van der Waals surface area contributed by atoms with Crippen LogP contribution in [-0.2, 0) is 43.4 Å². The van der Waals surface area contributed by atoms with Crippen LogP contribution in [0.1, 0.15) is 80.6 Å². The molecule has 4 amide bonds. The van der Waals surface area contributed by atoms with Crippen LogP contribution in [0.2, 0.25) is 0 Å². The third-order valence-electron chi connectivity index (χ3n) is 12.6. The number of aliphatic hydroxyl groups is 1. The Labute approximate surface area is 426 Å². The van der Waals surface area contributed by atoms with Gasteiger partial charge in [-0.2, -0.15) is 0 Å². The highest BCUT2D eigenvalue weighted by Gasteiger charge is 2.44. The number of likely N-dealkylation sites (tertiary alicyclic amines) is 1. The van der Waals surface area contributed by atoms with E-state index in [9.17, 15) is 24.3 Å². The number of hydrogen-bond donors (Lipinski definition) is 3. The maximum absolute atomic E-state index is 14.0. The zero-order chi connectivity index (χ0) is 51.2. The fourth-order valence-corrected chi connectivity index (χ4v) is 9.53. The van der Waals surface area contributed by atoms with Gasteiger partial charge in [0.15, 0.2) is 0 Å². The number of amides is 4. The predicted molar refractivity (Wildman–Crippen MR) is 279 cm³/mol. The van der Waals surface area contributed by atoms with E-state index in [2.05, 4.69) is 93.5 Å². The van der Waals surface area contributed by atoms with Crippen LogP contribution in [0.15, 0.2) is 121 Å². The van der Waals surface area contributed by atoms with Crippen molar-refractivity contribution in [3.8, 4) is 16.2 Å². The molecule has 0 spiro atoms. The molecule has 7 rings (SSSR count). The van der Waals surface area contributed by atoms with Crippen LogP contribution in [-0.4, -0.2) is 117 Å². The van der Waals surface area contributed by atoms with E-state index >= 15 is 0 Å². The Morgan fingerprint density at radius 1 is 0.903 bits per heavy atom. The Hall–Kier alpha value is -7.01. The number of likely N-dealkylation sites (N-methyl/N-ethyl adjacent to an activating group) is 1. The van der Waals surface area contributed by atoms with Crippen molar-refractivity contribution in [2.75, 3.05) is 40.0 Å². The normalized spacial score (nSPS) is 15.4. The van der Waals surface area contributed by atoms with Crippen LogP contribution >= 0.6 is 11.3 Å². The van der Waals surface area contributed by atoms with Crippen LogP contribution in [0.5, 0.6) is 5.75 Å². The maximum atomic E-state index is 14.0. The lowest BCUT2D eigenvalue weighted by Crippen LogP contribution is -2.58. The van der Waals surface area contributed by atoms with Gasteiger partial charge < -0.3 is 35.0 Å². The predicted octanol–water partition coefficient (Wildman–Crippen LogP) is 7.37. The molecule has 6 aromatic rings. The van der Waals surface area contributed by atoms with Crippen molar-refractivity contribution in [1.82, 2.24) is 40.4 Å². The molecule has 0 radical (unpaired) electrons. The fourth-order valence-electron chi connectivity index (χ4n) is 8.72. The Kier molecular flexibility index (Phi) is 18.3. The molecule has 0 aliphatic carbocycles. The summed E-state index contributed by atoms with van der Waals surface area (Å²) in [6, 6.07) is 35.0. The molecule has 15 nitrogen and oxygen atoms in total. The van der Waals surface area contributed by atoms with Gasteiger partial charge in [0.1, 0.15) is 31.0 Å². The average molecular weight is 995 g/mol. The highest BCUT2D eigenvalue weighted by molar-refractivity contribution is 7.13. The number of carbonyl (C=O) groups is 4. The molecule has 0 unspecified atom stereocenters. The zero-order valence-corrected chi connectivity index (χ0v) is 42.9. The molecule has 0 saturated carbocycles. The van der Waals surface area contributed by atoms with Crippen LogP contribution in [0.4, 0.5) is 0 Å². The van der Waals surface area contributed by atoms with Crippen LogP contribution in [0.25, 0.3) is 21.6 Å². The number of carbonyl (C=O) groups excluding carboxylic acids is 4. The number of allylic oxidation sites excluding steroid dienone is 1. The van der Waals surface area contributed by atoms with Gasteiger partial charge in [-0.25, -0.2) is 4.98 Å². The molecular formula is C56H66N8O7S. The number of ether oxygens (including phenoxy) is 2. The van der Waals surface area contributed by atoms with Crippen LogP contribution in [0.3, 0.4) is 0 Å². The average Bonchev–Trinajstić information content (AvgIpc) is 4.14. The quantitative estimate of drug-likeness (QED) is 0.0459. The molecule has 1 aliphatic rings. The monoisotopic (exact) mass is 994 g/mol. The first-order valence-corrected chi connectivity index (χ1v) is 25.4. The summed E-state index contributed by atoms with van der Waals surface area (Å²) >= 11 is 1.57. The lowest BCUT2D eigenvalue weighted by molar-refractivity contribution is -0.144. The summed E-state index contributed by atoms with van der Waals surface area (Å²) < 4.78 is 13.4. The number of aromatic nitrogens is 4. The Morgan fingerprint density at radius 2 is 1.58 bits per heavy atom. The number of nitrogens with zero attached hydrogens (tertiary/aromatic N) is 6. The van der Waals surface area contributed by atoms with Gasteiger partial charge in [0.05, 0.1) is 40.8 Å². The third-order valence-corrected chi connectivity index (χ3v) is 13.6. The minimum Gasteiger partial charge on any atom is -0.492 e. The second kappa shape index (κ2) is 24.9. The molecule has 1 saturated heterocycles. The van der Waals surface area contributed by atoms with Gasteiger partial charge in [0.2, 0.25) is 23.6 Å². The van der Waals surface area contributed by atoms with Crippen molar-refractivity contribution >= 4 is 46.1 Å². The van der Waals surface area contributed by atoms with E-state index in [1.54, 1.807) is 34.2 Å². The third kappa shape index (κ3) is 14.1. The molecule has 0 bridgehead atoms. The SMILES string of the molecule is CC/C(=C(\c1ccccc1)c1ccc(OCCN(C)C(=O)Cc2cn(CCCOCC(=O)N[C@H](C(=O)N3C[C@H](O)C[C@H]3C(=O)NCc3ccc(-c4scnc4C)cc3)C(C)(C)C)nn2)cc1)c1ccccc1. The molecule has 72 heavy (non-hydrogen) atoms. The minimum atomic E-state index is -0.978. The van der Waals surface area contributed by atoms with E-state index in [1.165, 1.54) is 21.6 Å². The van der Waals surface area contributed by atoms with Gasteiger partial charge in [-0.15, -0.1) is 16.4 Å². The number of aliphatic hydroxyl groups excluding tert-OH is 1. The van der Waals surface area contributed by atoms with Crippen LogP contribution < -0.4 is 15.4 Å². The molecule has 16 heteroatoms. The zero-order valence-electron chi connectivity index (χ0n) is 42.0. The van der Waals surface area contributed by atoms with Crippen LogP contribution in [0, 0.1) is 12.3 Å². The first-order chi connectivity index (χ1) is 34.7. The Morgan fingerprint density at radius 3 is 2.24 bits per heavy atom. The lowest BCUT2D eigenvalue weighted by Gasteiger charge is -2.35. The number of β-amino-alcohol motifs (C(OH)–C–C–N with tert-alkyl or cyclic N) is 1. The summed E-state index contributed by atoms with van der Waals surface area (Å²) in [6.07, 6.45) is 2.40. The number of thiazole rings is 1. The van der Waals surface area contributed by atoms with Crippen molar-refractivity contribution in [2.24, 2.45) is 5.41 Å². The summed E-state index contributed by atoms with van der Waals surface area (Å²) in [5.41, 5.74) is 10.4. The van der Waals surface area contributed by atoms with Gasteiger partial charge in [-0.1, -0.05) is 130 Å². The Balaban J connectivity index is 0.815. The van der Waals surface area contributed by atoms with Gasteiger partial charge in [0, 0.05) is 45.9 Å². The molecule has 4 aromatic carbocycles. The Bertz CT molecular complexity index is 2770. The van der Waals surface area contributed by atoms with E-state index in [0.717, 1.165) is 39.2 Å². The van der Waals surface area contributed by atoms with Crippen molar-refractivity contribution in [2.45, 2.75) is 91.6 Å². The topological polar surface area (TPSA) is 181 Å². The molecule has 2 aromatic heterocycles. The van der Waals surface area contributed by atoms with E-state index in [4.69, 9.17) is 9.47 Å². The largest absolute Gasteiger partial charge is 0.492 e. The van der Waals surface area contributed by atoms with E-state index in [1.807, 2.05) is 81.7 Å². The summed E-state index contributed by atoms with van der Waals surface area (Å²) in [6.45, 7) is 11.0. The number of nitrogens with one attached hydrogen (secondary N) is 2. The number of benzene rings is 4. The fraction of sp³-hybridized carbons (Fsp3) is 0.375.